The van der Waals surface area contributed by atoms with Gasteiger partial charge in [-0.15, -0.1) is 10.2 Å². The molecule has 0 radical (unpaired) electrons. The Morgan fingerprint density at radius 1 is 1.50 bits per heavy atom. The highest BCUT2D eigenvalue weighted by molar-refractivity contribution is 7.99. The van der Waals surface area contributed by atoms with Gasteiger partial charge in [0.15, 0.2) is 0 Å². The summed E-state index contributed by atoms with van der Waals surface area (Å²) in [7, 11) is 0. The molecular weight excluding hydrogens is 276 g/mol. The monoisotopic (exact) mass is 284 g/mol. The number of aryl methyl sites for hydroxylation is 1. The van der Waals surface area contributed by atoms with Crippen molar-refractivity contribution in [1.82, 2.24) is 10.2 Å². The van der Waals surface area contributed by atoms with E-state index in [1.165, 1.54) is 0 Å². The van der Waals surface area contributed by atoms with Crippen LogP contribution in [0.4, 0.5) is 0 Å². The number of thioether (sulfide) groups is 1. The van der Waals surface area contributed by atoms with Crippen molar-refractivity contribution in [1.29, 1.82) is 0 Å². The first-order valence-electron chi connectivity index (χ1n) is 5.01. The van der Waals surface area contributed by atoms with Crippen LogP contribution in [-0.4, -0.2) is 27.0 Å². The number of carboxylic acids is 1. The highest BCUT2D eigenvalue weighted by Crippen LogP contribution is 2.26. The minimum Gasteiger partial charge on any atom is -0.481 e. The Kier molecular flexibility index (Phi) is 3.88. The van der Waals surface area contributed by atoms with Crippen LogP contribution in [0.5, 0.6) is 0 Å². The third kappa shape index (κ3) is 3.02. The quantitative estimate of drug-likeness (QED) is 0.870. The van der Waals surface area contributed by atoms with E-state index < -0.39 is 5.97 Å². The first-order valence-corrected chi connectivity index (χ1v) is 6.37. The van der Waals surface area contributed by atoms with Gasteiger partial charge >= 0.3 is 5.97 Å². The number of hydrogen-bond acceptors (Lipinski definition) is 5. The third-order valence-electron chi connectivity index (χ3n) is 2.13. The molecule has 18 heavy (non-hydrogen) atoms. The molecule has 0 aliphatic rings. The molecule has 0 aliphatic heterocycles. The average Bonchev–Trinajstić information content (AvgIpc) is 2.79. The number of aromatic nitrogens is 2. The normalized spacial score (nSPS) is 10.6. The second-order valence-electron chi connectivity index (χ2n) is 3.52. The van der Waals surface area contributed by atoms with Gasteiger partial charge in [0.25, 0.3) is 5.22 Å². The predicted octanol–water partition coefficient (Wildman–Crippen LogP) is 2.88. The standard InChI is InChI=1S/C11H9ClN2O3S/c1-6-4-7(2-3-8(6)12)10-13-14-11(17-10)18-5-9(15)16/h2-4H,5H2,1H3,(H,15,16). The van der Waals surface area contributed by atoms with Crippen LogP contribution in [0.3, 0.4) is 0 Å². The summed E-state index contributed by atoms with van der Waals surface area (Å²) in [4.78, 5) is 10.4. The van der Waals surface area contributed by atoms with Crippen molar-refractivity contribution < 1.29 is 14.3 Å². The Labute approximate surface area is 112 Å². The van der Waals surface area contributed by atoms with Gasteiger partial charge in [-0.3, -0.25) is 4.79 Å². The maximum absolute atomic E-state index is 10.4. The van der Waals surface area contributed by atoms with Crippen LogP contribution in [0.15, 0.2) is 27.8 Å². The molecule has 0 unspecified atom stereocenters. The molecule has 1 aromatic heterocycles. The molecule has 0 saturated carbocycles. The molecule has 0 atom stereocenters. The van der Waals surface area contributed by atoms with Gasteiger partial charge < -0.3 is 9.52 Å². The highest BCUT2D eigenvalue weighted by Gasteiger charge is 2.11. The molecule has 1 N–H and O–H groups in total. The van der Waals surface area contributed by atoms with Gasteiger partial charge in [-0.2, -0.15) is 0 Å². The van der Waals surface area contributed by atoms with Gasteiger partial charge in [0.05, 0.1) is 0 Å². The fourth-order valence-corrected chi connectivity index (χ4v) is 1.89. The van der Waals surface area contributed by atoms with E-state index in [2.05, 4.69) is 10.2 Å². The zero-order valence-electron chi connectivity index (χ0n) is 9.38. The molecule has 2 aromatic rings. The zero-order valence-corrected chi connectivity index (χ0v) is 11.0. The third-order valence-corrected chi connectivity index (χ3v) is 3.36. The van der Waals surface area contributed by atoms with Crippen molar-refractivity contribution >= 4 is 29.3 Å². The minimum absolute atomic E-state index is 0.110. The Morgan fingerprint density at radius 2 is 2.28 bits per heavy atom. The van der Waals surface area contributed by atoms with E-state index in [4.69, 9.17) is 21.1 Å². The number of benzene rings is 1. The van der Waals surface area contributed by atoms with Gasteiger partial charge in [-0.1, -0.05) is 23.4 Å². The Hall–Kier alpha value is -1.53. The number of carboxylic acid groups (broad SMARTS) is 1. The molecule has 94 valence electrons. The van der Waals surface area contributed by atoms with Gasteiger partial charge in [0, 0.05) is 10.6 Å². The molecule has 2 rings (SSSR count). The smallest absolute Gasteiger partial charge is 0.314 e. The van der Waals surface area contributed by atoms with Crippen LogP contribution >= 0.6 is 23.4 Å². The summed E-state index contributed by atoms with van der Waals surface area (Å²) in [6.07, 6.45) is 0. The van der Waals surface area contributed by atoms with Crippen LogP contribution in [0.2, 0.25) is 5.02 Å². The van der Waals surface area contributed by atoms with Crippen LogP contribution in [0.25, 0.3) is 11.5 Å². The second kappa shape index (κ2) is 5.41. The Bertz CT molecular complexity index is 585. The molecule has 1 aromatic carbocycles. The van der Waals surface area contributed by atoms with Crippen molar-refractivity contribution in [2.75, 3.05) is 5.75 Å². The maximum atomic E-state index is 10.4. The van der Waals surface area contributed by atoms with Crippen LogP contribution in [0.1, 0.15) is 5.56 Å². The average molecular weight is 285 g/mol. The van der Waals surface area contributed by atoms with Crippen molar-refractivity contribution in [3.8, 4) is 11.5 Å². The molecule has 1 heterocycles. The number of carbonyl (C=O) groups is 1. The van der Waals surface area contributed by atoms with E-state index in [1.54, 1.807) is 12.1 Å². The fraction of sp³-hybridized carbons (Fsp3) is 0.182. The van der Waals surface area contributed by atoms with E-state index >= 15 is 0 Å². The molecule has 0 bridgehead atoms. The minimum atomic E-state index is -0.929. The number of aliphatic carboxylic acids is 1. The molecule has 0 fully saturated rings. The highest BCUT2D eigenvalue weighted by atomic mass is 35.5. The van der Waals surface area contributed by atoms with E-state index in [9.17, 15) is 4.79 Å². The van der Waals surface area contributed by atoms with Crippen molar-refractivity contribution in [2.45, 2.75) is 12.1 Å². The molecule has 0 spiro atoms. The van der Waals surface area contributed by atoms with E-state index in [1.807, 2.05) is 13.0 Å². The lowest BCUT2D eigenvalue weighted by molar-refractivity contribution is -0.133. The number of halogens is 1. The van der Waals surface area contributed by atoms with Crippen LogP contribution in [-0.2, 0) is 4.79 Å². The fourth-order valence-electron chi connectivity index (χ4n) is 1.29. The van der Waals surface area contributed by atoms with Gasteiger partial charge in [-0.05, 0) is 30.7 Å². The topological polar surface area (TPSA) is 76.2 Å². The first kappa shape index (κ1) is 12.9. The summed E-state index contributed by atoms with van der Waals surface area (Å²) in [5.74, 6) is -0.689. The summed E-state index contributed by atoms with van der Waals surface area (Å²) in [6.45, 7) is 1.88. The summed E-state index contributed by atoms with van der Waals surface area (Å²) in [5.41, 5.74) is 1.67. The maximum Gasteiger partial charge on any atom is 0.314 e. The second-order valence-corrected chi connectivity index (χ2v) is 4.85. The molecule has 0 amide bonds. The molecule has 0 saturated heterocycles. The van der Waals surface area contributed by atoms with E-state index in [0.29, 0.717) is 10.9 Å². The summed E-state index contributed by atoms with van der Waals surface area (Å²) in [6, 6.07) is 5.36. The number of rotatable bonds is 4. The van der Waals surface area contributed by atoms with Gasteiger partial charge in [0.2, 0.25) is 5.89 Å². The SMILES string of the molecule is Cc1cc(-c2nnc(SCC(=O)O)o2)ccc1Cl. The Morgan fingerprint density at radius 3 is 2.94 bits per heavy atom. The summed E-state index contributed by atoms with van der Waals surface area (Å²) in [5, 5.41) is 17.1. The van der Waals surface area contributed by atoms with Crippen LogP contribution in [0, 0.1) is 6.92 Å². The molecule has 7 heteroatoms. The lowest BCUT2D eigenvalue weighted by Crippen LogP contribution is -1.97. The van der Waals surface area contributed by atoms with Crippen molar-refractivity contribution in [2.24, 2.45) is 0 Å². The lowest BCUT2D eigenvalue weighted by atomic mass is 10.1. The molecule has 0 aliphatic carbocycles. The number of nitrogens with zero attached hydrogens (tertiary/aromatic N) is 2. The van der Waals surface area contributed by atoms with Crippen LogP contribution < -0.4 is 0 Å². The van der Waals surface area contributed by atoms with Gasteiger partial charge in [-0.25, -0.2) is 0 Å². The lowest BCUT2D eigenvalue weighted by Gasteiger charge is -1.99. The van der Waals surface area contributed by atoms with E-state index in [0.717, 1.165) is 22.9 Å². The molecule has 5 nitrogen and oxygen atoms in total. The zero-order chi connectivity index (χ0) is 13.1. The van der Waals surface area contributed by atoms with Crippen molar-refractivity contribution in [3.05, 3.63) is 28.8 Å². The first-order chi connectivity index (χ1) is 8.56. The van der Waals surface area contributed by atoms with Crippen molar-refractivity contribution in [3.63, 3.8) is 0 Å². The van der Waals surface area contributed by atoms with E-state index in [-0.39, 0.29) is 11.0 Å². The largest absolute Gasteiger partial charge is 0.481 e. The Balaban J connectivity index is 2.18. The summed E-state index contributed by atoms with van der Waals surface area (Å²) >= 11 is 6.91. The van der Waals surface area contributed by atoms with Gasteiger partial charge in [0.1, 0.15) is 5.75 Å². The summed E-state index contributed by atoms with van der Waals surface area (Å²) < 4.78 is 5.35. The number of hydrogen-bond donors (Lipinski definition) is 1. The predicted molar refractivity (Wildman–Crippen MR) is 67.8 cm³/mol. The molecular formula is C11H9ClN2O3S.